The molecule has 2 rings (SSSR count). The summed E-state index contributed by atoms with van der Waals surface area (Å²) in [6, 6.07) is 10.2. The topological polar surface area (TPSA) is 31.0 Å². The van der Waals surface area contributed by atoms with E-state index in [1.165, 1.54) is 5.56 Å². The van der Waals surface area contributed by atoms with Crippen LogP contribution in [0.2, 0.25) is 0 Å². The van der Waals surface area contributed by atoms with Crippen LogP contribution in [-0.2, 0) is 14.2 Å². The Morgan fingerprint density at radius 3 is 2.57 bits per heavy atom. The van der Waals surface area contributed by atoms with E-state index in [0.29, 0.717) is 0 Å². The maximum absolute atomic E-state index is 5.76. The van der Waals surface area contributed by atoms with E-state index in [-0.39, 0.29) is 18.0 Å². The zero-order valence-corrected chi connectivity index (χ0v) is 13.0. The number of benzene rings is 1. The molecule has 1 fully saturated rings. The monoisotopic (exact) mass is 288 g/mol. The number of hydrogen-bond donors (Lipinski definition) is 0. The molecule has 1 saturated heterocycles. The van der Waals surface area contributed by atoms with Crippen molar-refractivity contribution in [3.05, 3.63) is 54.1 Å². The maximum Gasteiger partial charge on any atom is 0.156 e. The smallest absolute Gasteiger partial charge is 0.156 e. The van der Waals surface area contributed by atoms with Gasteiger partial charge in [0.05, 0.1) is 5.60 Å². The fourth-order valence-corrected chi connectivity index (χ4v) is 2.33. The van der Waals surface area contributed by atoms with Crippen LogP contribution in [0.25, 0.3) is 6.08 Å². The molecule has 0 unspecified atom stereocenters. The van der Waals surface area contributed by atoms with Crippen molar-refractivity contribution < 1.29 is 14.2 Å². The van der Waals surface area contributed by atoms with Crippen molar-refractivity contribution in [1.82, 2.24) is 0 Å². The molecule has 0 saturated carbocycles. The van der Waals surface area contributed by atoms with E-state index in [9.17, 15) is 0 Å². The van der Waals surface area contributed by atoms with Crippen molar-refractivity contribution in [3.8, 4) is 0 Å². The summed E-state index contributed by atoms with van der Waals surface area (Å²) in [6.07, 6.45) is 10.1. The second-order valence-corrected chi connectivity index (χ2v) is 5.45. The molecule has 0 radical (unpaired) electrons. The highest BCUT2D eigenvalue weighted by molar-refractivity contribution is 5.50. The van der Waals surface area contributed by atoms with Crippen molar-refractivity contribution in [2.45, 2.75) is 37.8 Å². The number of allylic oxidation sites excluding steroid dienone is 2. The zero-order valence-electron chi connectivity index (χ0n) is 13.0. The van der Waals surface area contributed by atoms with Gasteiger partial charge < -0.3 is 14.2 Å². The Morgan fingerprint density at radius 1 is 1.19 bits per heavy atom. The van der Waals surface area contributed by atoms with Crippen LogP contribution in [0.3, 0.4) is 0 Å². The van der Waals surface area contributed by atoms with Crippen molar-refractivity contribution in [2.75, 3.05) is 14.2 Å². The molecule has 3 nitrogen and oxygen atoms in total. The van der Waals surface area contributed by atoms with E-state index in [0.717, 1.165) is 12.8 Å². The Morgan fingerprint density at radius 2 is 1.90 bits per heavy atom. The van der Waals surface area contributed by atoms with E-state index in [1.54, 1.807) is 14.2 Å². The largest absolute Gasteiger partial charge is 0.362 e. The number of hydrogen-bond acceptors (Lipinski definition) is 3. The summed E-state index contributed by atoms with van der Waals surface area (Å²) in [4.78, 5) is 0. The summed E-state index contributed by atoms with van der Waals surface area (Å²) >= 11 is 0. The molecule has 1 aromatic carbocycles. The minimum Gasteiger partial charge on any atom is -0.362 e. The van der Waals surface area contributed by atoms with Gasteiger partial charge in [-0.15, -0.1) is 0 Å². The molecule has 114 valence electrons. The van der Waals surface area contributed by atoms with Gasteiger partial charge in [0.25, 0.3) is 0 Å². The van der Waals surface area contributed by atoms with Crippen LogP contribution in [0, 0.1) is 0 Å². The lowest BCUT2D eigenvalue weighted by Crippen LogP contribution is -2.18. The molecule has 1 aromatic rings. The van der Waals surface area contributed by atoms with Gasteiger partial charge in [0.15, 0.2) is 6.29 Å². The molecule has 1 aliphatic heterocycles. The average molecular weight is 288 g/mol. The summed E-state index contributed by atoms with van der Waals surface area (Å²) in [5.74, 6) is 0. The Hall–Kier alpha value is -1.42. The molecular formula is C18H24O3. The first-order valence-electron chi connectivity index (χ1n) is 7.31. The predicted octanol–water partition coefficient (Wildman–Crippen LogP) is 3.81. The number of methoxy groups -OCH3 is 2. The Labute approximate surface area is 127 Å². The van der Waals surface area contributed by atoms with E-state index in [2.05, 4.69) is 31.2 Å². The third kappa shape index (κ3) is 4.81. The molecule has 0 N–H and O–H groups in total. The molecule has 3 heteroatoms. The van der Waals surface area contributed by atoms with Gasteiger partial charge in [-0.3, -0.25) is 0 Å². The molecule has 0 spiro atoms. The minimum absolute atomic E-state index is 0.0770. The molecule has 1 aliphatic rings. The normalized spacial score (nSPS) is 25.2. The van der Waals surface area contributed by atoms with Gasteiger partial charge in [-0.2, -0.15) is 0 Å². The Kier molecular flexibility index (Phi) is 5.74. The number of epoxide rings is 1. The van der Waals surface area contributed by atoms with Gasteiger partial charge >= 0.3 is 0 Å². The molecule has 21 heavy (non-hydrogen) atoms. The van der Waals surface area contributed by atoms with Crippen LogP contribution in [0.5, 0.6) is 0 Å². The lowest BCUT2D eigenvalue weighted by Gasteiger charge is -2.14. The van der Waals surface area contributed by atoms with Crippen LogP contribution < -0.4 is 0 Å². The summed E-state index contributed by atoms with van der Waals surface area (Å²) in [6.45, 7) is 2.13. The predicted molar refractivity (Wildman–Crippen MR) is 84.9 cm³/mol. The minimum atomic E-state index is -0.145. The summed E-state index contributed by atoms with van der Waals surface area (Å²) in [5.41, 5.74) is 1.12. The van der Waals surface area contributed by atoms with Crippen LogP contribution in [0.4, 0.5) is 0 Å². The van der Waals surface area contributed by atoms with Crippen molar-refractivity contribution in [2.24, 2.45) is 0 Å². The second kappa shape index (κ2) is 7.55. The van der Waals surface area contributed by atoms with Crippen LogP contribution >= 0.6 is 0 Å². The van der Waals surface area contributed by atoms with E-state index < -0.39 is 0 Å². The highest BCUT2D eigenvalue weighted by atomic mass is 16.7. The van der Waals surface area contributed by atoms with Crippen molar-refractivity contribution in [3.63, 3.8) is 0 Å². The first-order chi connectivity index (χ1) is 10.2. The molecule has 0 aromatic heterocycles. The first kappa shape index (κ1) is 16.0. The standard InChI is InChI=1S/C18H24O3/c1-18(14-13-17(19-2)20-3)16(21-18)12-8-7-11-15-9-5-4-6-10-15/h4-12,16-17H,13-14H2,1-3H3/t16-,18-/m0/s1. The Bertz CT molecular complexity index is 476. The SMILES string of the molecule is COC(CC[C@]1(C)O[C@H]1C=CC=Cc1ccccc1)OC. The molecule has 1 heterocycles. The first-order valence-corrected chi connectivity index (χ1v) is 7.31. The fraction of sp³-hybridized carbons (Fsp3) is 0.444. The molecule has 0 aliphatic carbocycles. The summed E-state index contributed by atoms with van der Waals surface area (Å²) in [7, 11) is 3.33. The molecule has 2 atom stereocenters. The number of rotatable bonds is 8. The maximum atomic E-state index is 5.76. The van der Waals surface area contributed by atoms with Gasteiger partial charge in [0.1, 0.15) is 6.10 Å². The van der Waals surface area contributed by atoms with Crippen molar-refractivity contribution >= 4 is 6.08 Å². The quantitative estimate of drug-likeness (QED) is 0.414. The van der Waals surface area contributed by atoms with Gasteiger partial charge in [0, 0.05) is 20.6 Å². The van der Waals surface area contributed by atoms with Gasteiger partial charge in [-0.25, -0.2) is 0 Å². The lowest BCUT2D eigenvalue weighted by atomic mass is 10.0. The van der Waals surface area contributed by atoms with Gasteiger partial charge in [-0.05, 0) is 18.9 Å². The molecule has 0 bridgehead atoms. The van der Waals surface area contributed by atoms with Gasteiger partial charge in [-0.1, -0.05) is 54.6 Å². The molecule has 0 amide bonds. The van der Waals surface area contributed by atoms with Gasteiger partial charge in [0.2, 0.25) is 0 Å². The highest BCUT2D eigenvalue weighted by Gasteiger charge is 2.50. The fourth-order valence-electron chi connectivity index (χ4n) is 2.33. The molecular weight excluding hydrogens is 264 g/mol. The van der Waals surface area contributed by atoms with Crippen LogP contribution in [0.1, 0.15) is 25.3 Å². The van der Waals surface area contributed by atoms with Crippen molar-refractivity contribution in [1.29, 1.82) is 0 Å². The Balaban J connectivity index is 1.75. The summed E-state index contributed by atoms with van der Waals surface area (Å²) in [5, 5.41) is 0. The lowest BCUT2D eigenvalue weighted by molar-refractivity contribution is -0.109. The summed E-state index contributed by atoms with van der Waals surface area (Å²) < 4.78 is 16.2. The second-order valence-electron chi connectivity index (χ2n) is 5.45. The van der Waals surface area contributed by atoms with Crippen LogP contribution in [-0.4, -0.2) is 32.2 Å². The third-order valence-electron chi connectivity index (χ3n) is 3.83. The highest BCUT2D eigenvalue weighted by Crippen LogP contribution is 2.41. The number of ether oxygens (including phenoxy) is 3. The van der Waals surface area contributed by atoms with E-state index in [1.807, 2.05) is 30.4 Å². The average Bonchev–Trinajstić information content (AvgIpc) is 3.16. The van der Waals surface area contributed by atoms with E-state index in [4.69, 9.17) is 14.2 Å². The van der Waals surface area contributed by atoms with E-state index >= 15 is 0 Å². The zero-order chi connectivity index (χ0) is 15.1. The third-order valence-corrected chi connectivity index (χ3v) is 3.83. The van der Waals surface area contributed by atoms with Crippen LogP contribution in [0.15, 0.2) is 48.6 Å².